The van der Waals surface area contributed by atoms with Crippen LogP contribution in [0.15, 0.2) is 65.8 Å². The fourth-order valence-electron chi connectivity index (χ4n) is 3.80. The average molecular weight is 621 g/mol. The van der Waals surface area contributed by atoms with Gasteiger partial charge in [-0.25, -0.2) is 0 Å². The summed E-state index contributed by atoms with van der Waals surface area (Å²) in [7, 11) is 0. The first-order valence-electron chi connectivity index (χ1n) is 10.2. The Morgan fingerprint density at radius 3 is 2.44 bits per heavy atom. The number of rotatable bonds is 2. The second-order valence-corrected chi connectivity index (χ2v) is 9.00. The van der Waals surface area contributed by atoms with Gasteiger partial charge >= 0.3 is 0 Å². The standard InChI is InChI=1S/C18H15N2S.C8H11NO.Ir/c1-11-8-15-13-6-4-5-7-14(13)18-19-10-12(2)20(18)17(15)16(9-11)21-3;1-8(2,10)7-5-3-4-6-9-7;/h4-6,8-10H,1-3H3;3-6,10H,1-2H3;/q-1;;. The molecule has 0 aliphatic heterocycles. The Labute approximate surface area is 206 Å². The number of nitrogens with zero attached hydrogens (tertiary/aromatic N) is 3. The van der Waals surface area contributed by atoms with Crippen molar-refractivity contribution in [1.29, 1.82) is 0 Å². The maximum Gasteiger partial charge on any atom is 0.101 e. The Bertz CT molecular complexity index is 1370. The van der Waals surface area contributed by atoms with Crippen molar-refractivity contribution < 1.29 is 25.2 Å². The summed E-state index contributed by atoms with van der Waals surface area (Å²) in [5, 5.41) is 13.0. The molecule has 0 aliphatic rings. The van der Waals surface area contributed by atoms with Crippen LogP contribution in [0.25, 0.3) is 27.3 Å². The molecule has 32 heavy (non-hydrogen) atoms. The number of imidazole rings is 1. The second kappa shape index (κ2) is 9.72. The minimum absolute atomic E-state index is 0. The number of fused-ring (bicyclic) bond motifs is 6. The summed E-state index contributed by atoms with van der Waals surface area (Å²) in [6.45, 7) is 7.70. The summed E-state index contributed by atoms with van der Waals surface area (Å²) in [6.07, 6.45) is 5.75. The summed E-state index contributed by atoms with van der Waals surface area (Å²) in [5.41, 5.74) is 4.58. The largest absolute Gasteiger partial charge is 0.384 e. The number of benzene rings is 2. The molecule has 2 aromatic carbocycles. The smallest absolute Gasteiger partial charge is 0.101 e. The zero-order valence-corrected chi connectivity index (χ0v) is 22.0. The van der Waals surface area contributed by atoms with Gasteiger partial charge in [0, 0.05) is 43.1 Å². The number of aryl methyl sites for hydroxylation is 2. The van der Waals surface area contributed by atoms with Gasteiger partial charge in [0.25, 0.3) is 0 Å². The number of thioether (sulfide) groups is 1. The Morgan fingerprint density at radius 2 is 1.81 bits per heavy atom. The average Bonchev–Trinajstić information content (AvgIpc) is 3.15. The first-order valence-corrected chi connectivity index (χ1v) is 11.4. The van der Waals surface area contributed by atoms with Crippen molar-refractivity contribution in [1.82, 2.24) is 14.4 Å². The van der Waals surface area contributed by atoms with Crippen LogP contribution in [0.4, 0.5) is 0 Å². The van der Waals surface area contributed by atoms with E-state index in [1.165, 1.54) is 26.7 Å². The summed E-state index contributed by atoms with van der Waals surface area (Å²) in [5.74, 6) is 0. The fourth-order valence-corrected chi connectivity index (χ4v) is 4.50. The molecule has 6 heteroatoms. The molecule has 0 saturated carbocycles. The van der Waals surface area contributed by atoms with Crippen LogP contribution in [0, 0.1) is 19.9 Å². The number of aliphatic hydroxyl groups is 1. The van der Waals surface area contributed by atoms with E-state index in [2.05, 4.69) is 64.8 Å². The summed E-state index contributed by atoms with van der Waals surface area (Å²) >= 11 is 1.79. The monoisotopic (exact) mass is 621 g/mol. The third-order valence-electron chi connectivity index (χ3n) is 5.26. The van der Waals surface area contributed by atoms with E-state index in [1.54, 1.807) is 37.9 Å². The molecule has 167 valence electrons. The van der Waals surface area contributed by atoms with E-state index in [4.69, 9.17) is 0 Å². The van der Waals surface area contributed by atoms with Crippen LogP contribution < -0.4 is 0 Å². The zero-order valence-electron chi connectivity index (χ0n) is 18.8. The third kappa shape index (κ3) is 4.60. The Balaban J connectivity index is 0.000000224. The van der Waals surface area contributed by atoms with Crippen LogP contribution in [0.3, 0.4) is 0 Å². The van der Waals surface area contributed by atoms with Gasteiger partial charge in [-0.1, -0.05) is 23.1 Å². The third-order valence-corrected chi connectivity index (χ3v) is 6.01. The summed E-state index contributed by atoms with van der Waals surface area (Å²) < 4.78 is 2.26. The van der Waals surface area contributed by atoms with Gasteiger partial charge in [-0.15, -0.1) is 41.4 Å². The number of hydrogen-bond acceptors (Lipinski definition) is 4. The predicted molar refractivity (Wildman–Crippen MR) is 130 cm³/mol. The van der Waals surface area contributed by atoms with Crippen molar-refractivity contribution in [2.75, 3.05) is 6.26 Å². The van der Waals surface area contributed by atoms with Gasteiger partial charge in [-0.2, -0.15) is 0 Å². The van der Waals surface area contributed by atoms with Gasteiger partial charge < -0.3 is 9.51 Å². The van der Waals surface area contributed by atoms with E-state index >= 15 is 0 Å². The topological polar surface area (TPSA) is 50.4 Å². The van der Waals surface area contributed by atoms with Crippen LogP contribution in [0.1, 0.15) is 30.8 Å². The van der Waals surface area contributed by atoms with Crippen molar-refractivity contribution in [3.8, 4) is 0 Å². The van der Waals surface area contributed by atoms with E-state index in [9.17, 15) is 5.11 Å². The minimum atomic E-state index is -0.818. The molecule has 0 unspecified atom stereocenters. The molecule has 3 heterocycles. The molecule has 5 aromatic rings. The quantitative estimate of drug-likeness (QED) is 0.148. The van der Waals surface area contributed by atoms with Crippen LogP contribution in [-0.2, 0) is 25.7 Å². The normalized spacial score (nSPS) is 11.3. The maximum absolute atomic E-state index is 9.43. The van der Waals surface area contributed by atoms with Gasteiger partial charge in [0.1, 0.15) is 5.60 Å². The van der Waals surface area contributed by atoms with Crippen LogP contribution >= 0.6 is 11.8 Å². The summed E-state index contributed by atoms with van der Waals surface area (Å²) in [4.78, 5) is 9.91. The molecule has 5 rings (SSSR count). The van der Waals surface area contributed by atoms with E-state index in [-0.39, 0.29) is 20.1 Å². The number of hydrogen-bond donors (Lipinski definition) is 1. The molecule has 1 radical (unpaired) electrons. The second-order valence-electron chi connectivity index (χ2n) is 8.15. The molecule has 0 bridgehead atoms. The first-order chi connectivity index (χ1) is 14.8. The first kappa shape index (κ1) is 24.4. The Kier molecular flexibility index (Phi) is 7.41. The molecule has 1 N–H and O–H groups in total. The fraction of sp³-hybridized carbons (Fsp3) is 0.231. The van der Waals surface area contributed by atoms with E-state index in [0.717, 1.165) is 16.7 Å². The van der Waals surface area contributed by atoms with Crippen molar-refractivity contribution in [2.45, 2.75) is 38.2 Å². The van der Waals surface area contributed by atoms with Crippen molar-refractivity contribution in [3.63, 3.8) is 0 Å². The van der Waals surface area contributed by atoms with Gasteiger partial charge in [-0.3, -0.25) is 9.97 Å². The van der Waals surface area contributed by atoms with Crippen molar-refractivity contribution >= 4 is 39.1 Å². The minimum Gasteiger partial charge on any atom is -0.384 e. The van der Waals surface area contributed by atoms with E-state index in [1.807, 2.05) is 24.4 Å². The molecule has 0 saturated heterocycles. The molecular weight excluding hydrogens is 595 g/mol. The van der Waals surface area contributed by atoms with E-state index < -0.39 is 5.60 Å². The van der Waals surface area contributed by atoms with Gasteiger partial charge in [0.05, 0.1) is 16.9 Å². The molecule has 4 nitrogen and oxygen atoms in total. The molecule has 0 fully saturated rings. The zero-order chi connectivity index (χ0) is 22.2. The number of aromatic nitrogens is 3. The molecule has 3 aromatic heterocycles. The van der Waals surface area contributed by atoms with Crippen LogP contribution in [0.5, 0.6) is 0 Å². The predicted octanol–water partition coefficient (Wildman–Crippen LogP) is 6.09. The molecule has 0 spiro atoms. The van der Waals surface area contributed by atoms with E-state index in [0.29, 0.717) is 5.69 Å². The van der Waals surface area contributed by atoms with Gasteiger partial charge in [0.2, 0.25) is 0 Å². The molecule has 0 amide bonds. The molecule has 0 atom stereocenters. The van der Waals surface area contributed by atoms with Crippen molar-refractivity contribution in [3.05, 3.63) is 83.9 Å². The van der Waals surface area contributed by atoms with Crippen LogP contribution in [0.2, 0.25) is 0 Å². The van der Waals surface area contributed by atoms with Crippen LogP contribution in [-0.4, -0.2) is 25.7 Å². The molecular formula is C26H26IrN3OS-. The number of pyridine rings is 2. The van der Waals surface area contributed by atoms with Crippen molar-refractivity contribution in [2.24, 2.45) is 0 Å². The Hall–Kier alpha value is -2.24. The van der Waals surface area contributed by atoms with Gasteiger partial charge in [-0.05, 0) is 57.5 Å². The maximum atomic E-state index is 9.43. The SMILES string of the molecule is CC(C)(O)c1ccccn1.CSc1cc(C)cc2c3ccc[c-]c3c3ncc(C)n3c12.[Ir]. The Morgan fingerprint density at radius 1 is 1.03 bits per heavy atom. The van der Waals surface area contributed by atoms with Gasteiger partial charge in [0.15, 0.2) is 0 Å². The summed E-state index contributed by atoms with van der Waals surface area (Å²) in [6, 6.07) is 19.6. The molecule has 0 aliphatic carbocycles.